The van der Waals surface area contributed by atoms with Gasteiger partial charge in [-0.05, 0) is 61.2 Å². The maximum absolute atomic E-state index is 11.5. The third kappa shape index (κ3) is 6.95. The number of rotatable bonds is 10. The lowest BCUT2D eigenvalue weighted by atomic mass is 10.0. The van der Waals surface area contributed by atoms with E-state index in [0.717, 1.165) is 80.6 Å². The first kappa shape index (κ1) is 27.4. The summed E-state index contributed by atoms with van der Waals surface area (Å²) in [7, 11) is 0. The molecule has 1 atom stereocenters. The third-order valence-corrected chi connectivity index (χ3v) is 7.93. The van der Waals surface area contributed by atoms with Gasteiger partial charge >= 0.3 is 5.97 Å². The molecule has 41 heavy (non-hydrogen) atoms. The predicted octanol–water partition coefficient (Wildman–Crippen LogP) is 4.62. The number of anilines is 1. The van der Waals surface area contributed by atoms with Crippen molar-refractivity contribution in [2.24, 2.45) is 4.99 Å². The van der Waals surface area contributed by atoms with Gasteiger partial charge in [0.05, 0.1) is 34.6 Å². The normalized spacial score (nSPS) is 19.2. The highest BCUT2D eigenvalue weighted by Gasteiger charge is 2.29. The fourth-order valence-corrected chi connectivity index (χ4v) is 5.41. The molecule has 0 unspecified atom stereocenters. The van der Waals surface area contributed by atoms with Crippen molar-refractivity contribution < 1.29 is 19.4 Å². The molecule has 11 heteroatoms. The Morgan fingerprint density at radius 1 is 1.15 bits per heavy atom. The minimum Gasteiger partial charge on any atom is -0.478 e. The molecular formula is C30H33ClN6O4. The molecular weight excluding hydrogens is 544 g/mol. The molecule has 0 saturated carbocycles. The zero-order valence-electron chi connectivity index (χ0n) is 22.7. The largest absolute Gasteiger partial charge is 0.478 e. The van der Waals surface area contributed by atoms with E-state index in [2.05, 4.69) is 25.1 Å². The molecule has 0 bridgehead atoms. The number of halogens is 1. The summed E-state index contributed by atoms with van der Waals surface area (Å²) in [4.78, 5) is 30.0. The highest BCUT2D eigenvalue weighted by molar-refractivity contribution is 6.30. The molecule has 0 amide bonds. The van der Waals surface area contributed by atoms with Crippen LogP contribution in [-0.4, -0.2) is 81.6 Å². The lowest BCUT2D eigenvalue weighted by Crippen LogP contribution is -2.49. The van der Waals surface area contributed by atoms with Crippen LogP contribution >= 0.6 is 11.6 Å². The number of benzene rings is 1. The summed E-state index contributed by atoms with van der Waals surface area (Å²) in [6.07, 6.45) is 4.82. The van der Waals surface area contributed by atoms with Crippen LogP contribution in [0.3, 0.4) is 0 Å². The molecule has 2 N–H and O–H groups in total. The number of nitrogens with one attached hydrogen (secondary N) is 1. The van der Waals surface area contributed by atoms with E-state index in [1.165, 1.54) is 0 Å². The maximum atomic E-state index is 11.5. The van der Waals surface area contributed by atoms with E-state index in [4.69, 9.17) is 26.1 Å². The van der Waals surface area contributed by atoms with Gasteiger partial charge in [-0.2, -0.15) is 4.98 Å². The summed E-state index contributed by atoms with van der Waals surface area (Å²) in [6.45, 7) is 5.16. The van der Waals surface area contributed by atoms with Gasteiger partial charge in [0.15, 0.2) is 0 Å². The molecule has 2 fully saturated rings. The molecule has 3 aromatic rings. The molecule has 5 heterocycles. The fraction of sp³-hybridized carbons (Fsp3) is 0.400. The maximum Gasteiger partial charge on any atom is 0.335 e. The van der Waals surface area contributed by atoms with Crippen molar-refractivity contribution in [1.82, 2.24) is 19.8 Å². The average Bonchev–Trinajstić information content (AvgIpc) is 2.95. The van der Waals surface area contributed by atoms with Crippen LogP contribution in [0, 0.1) is 0 Å². The summed E-state index contributed by atoms with van der Waals surface area (Å²) in [5.41, 5.74) is 2.88. The van der Waals surface area contributed by atoms with Crippen LogP contribution in [0.25, 0.3) is 0 Å². The number of carbonyl (C=O) groups is 1. The number of amidine groups is 1. The van der Waals surface area contributed by atoms with Gasteiger partial charge in [0, 0.05) is 51.1 Å². The monoisotopic (exact) mass is 576 g/mol. The van der Waals surface area contributed by atoms with Gasteiger partial charge in [0.2, 0.25) is 5.88 Å². The van der Waals surface area contributed by atoms with Crippen molar-refractivity contribution in [3.05, 3.63) is 76.6 Å². The predicted molar refractivity (Wildman–Crippen MR) is 156 cm³/mol. The van der Waals surface area contributed by atoms with Crippen molar-refractivity contribution in [2.45, 2.75) is 44.6 Å². The second kappa shape index (κ2) is 12.4. The number of aromatic carboxylic acids is 1. The highest BCUT2D eigenvalue weighted by Crippen LogP contribution is 2.29. The minimum absolute atomic E-state index is 0.203. The lowest BCUT2D eigenvalue weighted by molar-refractivity contribution is -0.0600. The number of piperidine rings is 1. The Labute approximate surface area is 244 Å². The Balaban J connectivity index is 1.04. The molecule has 10 nitrogen and oxygen atoms in total. The van der Waals surface area contributed by atoms with Gasteiger partial charge in [0.25, 0.3) is 0 Å². The van der Waals surface area contributed by atoms with E-state index in [9.17, 15) is 9.90 Å². The number of carboxylic acid groups (broad SMARTS) is 1. The van der Waals surface area contributed by atoms with E-state index in [1.807, 2.05) is 30.3 Å². The summed E-state index contributed by atoms with van der Waals surface area (Å²) in [5, 5.41) is 13.6. The molecule has 2 saturated heterocycles. The van der Waals surface area contributed by atoms with Gasteiger partial charge in [-0.1, -0.05) is 17.7 Å². The van der Waals surface area contributed by atoms with Crippen LogP contribution < -0.4 is 10.1 Å². The first-order chi connectivity index (χ1) is 20.0. The SMILES string of the molecule is O=C(O)c1ccc2c(c1)CN(C[C@@H]1CCO1)C(CN1CCC(Nc3cccc(OCc4ccc(Cl)cn4)n3)CC1)=N2. The van der Waals surface area contributed by atoms with Gasteiger partial charge in [-0.3, -0.25) is 9.88 Å². The van der Waals surface area contributed by atoms with Crippen molar-refractivity contribution in [2.75, 3.05) is 38.1 Å². The Morgan fingerprint density at radius 3 is 2.73 bits per heavy atom. The Morgan fingerprint density at radius 2 is 2.00 bits per heavy atom. The molecule has 6 rings (SSSR count). The average molecular weight is 577 g/mol. The van der Waals surface area contributed by atoms with Crippen LogP contribution in [0.4, 0.5) is 11.5 Å². The number of fused-ring (bicyclic) bond motifs is 1. The number of hydrogen-bond donors (Lipinski definition) is 2. The molecule has 0 radical (unpaired) electrons. The number of pyridine rings is 2. The van der Waals surface area contributed by atoms with E-state index in [0.29, 0.717) is 35.7 Å². The topological polar surface area (TPSA) is 112 Å². The number of ether oxygens (including phenoxy) is 2. The first-order valence-electron chi connectivity index (χ1n) is 14.0. The second-order valence-corrected chi connectivity index (χ2v) is 11.1. The molecule has 3 aliphatic rings. The summed E-state index contributed by atoms with van der Waals surface area (Å²) < 4.78 is 11.5. The minimum atomic E-state index is -0.919. The van der Waals surface area contributed by atoms with Crippen molar-refractivity contribution in [3.63, 3.8) is 0 Å². The second-order valence-electron chi connectivity index (χ2n) is 10.7. The molecule has 2 aromatic heterocycles. The quantitative estimate of drug-likeness (QED) is 0.357. The van der Waals surface area contributed by atoms with Crippen LogP contribution in [0.1, 0.15) is 40.9 Å². The van der Waals surface area contributed by atoms with Gasteiger partial charge in [-0.25, -0.2) is 9.79 Å². The van der Waals surface area contributed by atoms with Gasteiger partial charge in [0.1, 0.15) is 18.3 Å². The van der Waals surface area contributed by atoms with E-state index < -0.39 is 5.97 Å². The molecule has 0 spiro atoms. The fourth-order valence-electron chi connectivity index (χ4n) is 5.30. The lowest BCUT2D eigenvalue weighted by Gasteiger charge is -2.39. The zero-order chi connectivity index (χ0) is 28.2. The van der Waals surface area contributed by atoms with Crippen molar-refractivity contribution in [3.8, 4) is 5.88 Å². The van der Waals surface area contributed by atoms with E-state index in [1.54, 1.807) is 24.4 Å². The van der Waals surface area contributed by atoms with Crippen LogP contribution in [-0.2, 0) is 17.9 Å². The Hall–Kier alpha value is -3.73. The number of nitrogens with zero attached hydrogens (tertiary/aromatic N) is 5. The van der Waals surface area contributed by atoms with E-state index >= 15 is 0 Å². The first-order valence-corrected chi connectivity index (χ1v) is 14.4. The number of carboxylic acids is 1. The molecule has 0 aliphatic carbocycles. The van der Waals surface area contributed by atoms with Crippen LogP contribution in [0.15, 0.2) is 59.7 Å². The highest BCUT2D eigenvalue weighted by atomic mass is 35.5. The number of aliphatic imine (C=N–C) groups is 1. The van der Waals surface area contributed by atoms with Crippen LogP contribution in [0.2, 0.25) is 5.02 Å². The molecule has 214 valence electrons. The van der Waals surface area contributed by atoms with Crippen molar-refractivity contribution >= 4 is 34.9 Å². The smallest absolute Gasteiger partial charge is 0.335 e. The van der Waals surface area contributed by atoms with Gasteiger partial charge in [-0.15, -0.1) is 0 Å². The summed E-state index contributed by atoms with van der Waals surface area (Å²) in [5.74, 6) is 1.44. The zero-order valence-corrected chi connectivity index (χ0v) is 23.5. The van der Waals surface area contributed by atoms with Gasteiger partial charge < -0.3 is 24.8 Å². The Kier molecular flexibility index (Phi) is 8.31. The van der Waals surface area contributed by atoms with Crippen molar-refractivity contribution in [1.29, 1.82) is 0 Å². The number of hydrogen-bond acceptors (Lipinski definition) is 9. The standard InChI is InChI=1S/C30H33ClN6O4/c31-22-5-6-24(32-15-22)19-41-29-3-1-2-27(35-29)33-23-8-11-36(12-9-23)18-28-34-26-7-4-20(30(38)39)14-21(26)16-37(28)17-25-10-13-40-25/h1-7,14-15,23,25H,8-13,16-19H2,(H,33,35)(H,38,39)/t25-/m0/s1. The molecule has 1 aromatic carbocycles. The summed E-state index contributed by atoms with van der Waals surface area (Å²) >= 11 is 5.91. The molecule has 3 aliphatic heterocycles. The Bertz CT molecular complexity index is 1410. The number of aromatic nitrogens is 2. The van der Waals surface area contributed by atoms with Crippen LogP contribution in [0.5, 0.6) is 5.88 Å². The third-order valence-electron chi connectivity index (χ3n) is 7.70. The van der Waals surface area contributed by atoms with E-state index in [-0.39, 0.29) is 6.10 Å². The summed E-state index contributed by atoms with van der Waals surface area (Å²) in [6, 6.07) is 14.9. The number of likely N-dealkylation sites (tertiary alicyclic amines) is 1.